The molecule has 0 aliphatic carbocycles. The summed E-state index contributed by atoms with van der Waals surface area (Å²) in [5.74, 6) is 0. The molecule has 0 aromatic heterocycles. The molecule has 0 bridgehead atoms. The Bertz CT molecular complexity index is 298. The molecule has 1 rings (SSSR count). The summed E-state index contributed by atoms with van der Waals surface area (Å²) in [7, 11) is 0. The molecule has 0 saturated carbocycles. The highest BCUT2D eigenvalue weighted by atomic mass is 35.5. The minimum Gasteiger partial charge on any atom is -0.367 e. The molecule has 0 unspecified atom stereocenters. The minimum atomic E-state index is -4.28. The Morgan fingerprint density at radius 1 is 1.29 bits per heavy atom. The lowest BCUT2D eigenvalue weighted by Crippen LogP contribution is -2.16. The van der Waals surface area contributed by atoms with Gasteiger partial charge in [0, 0.05) is 5.02 Å². The highest BCUT2D eigenvalue weighted by Gasteiger charge is 2.27. The molecule has 0 aliphatic heterocycles. The maximum Gasteiger partial charge on any atom is 0.411 e. The first-order valence-electron chi connectivity index (χ1n) is 3.86. The Labute approximate surface area is 84.4 Å². The second-order valence-electron chi connectivity index (χ2n) is 2.74. The molecular formula is C9H8ClF3O. The predicted octanol–water partition coefficient (Wildman–Crippen LogP) is 3.42. The molecule has 0 saturated heterocycles. The predicted molar refractivity (Wildman–Crippen MR) is 47.2 cm³/mol. The van der Waals surface area contributed by atoms with E-state index < -0.39 is 12.8 Å². The van der Waals surface area contributed by atoms with Crippen molar-refractivity contribution < 1.29 is 17.9 Å². The molecule has 1 aromatic rings. The third kappa shape index (κ3) is 4.48. The molecule has 5 heteroatoms. The Morgan fingerprint density at radius 3 is 2.57 bits per heavy atom. The van der Waals surface area contributed by atoms with Gasteiger partial charge in [0.25, 0.3) is 0 Å². The molecular weight excluding hydrogens is 217 g/mol. The van der Waals surface area contributed by atoms with Crippen molar-refractivity contribution >= 4 is 11.6 Å². The summed E-state index contributed by atoms with van der Waals surface area (Å²) in [6.45, 7) is -1.32. The van der Waals surface area contributed by atoms with Gasteiger partial charge in [-0.05, 0) is 17.7 Å². The van der Waals surface area contributed by atoms with Gasteiger partial charge >= 0.3 is 6.18 Å². The van der Waals surface area contributed by atoms with Crippen molar-refractivity contribution in [2.24, 2.45) is 0 Å². The molecule has 1 nitrogen and oxygen atoms in total. The van der Waals surface area contributed by atoms with Gasteiger partial charge < -0.3 is 4.74 Å². The summed E-state index contributed by atoms with van der Waals surface area (Å²) in [4.78, 5) is 0. The van der Waals surface area contributed by atoms with E-state index in [2.05, 4.69) is 4.74 Å². The third-order valence-corrected chi connectivity index (χ3v) is 1.66. The van der Waals surface area contributed by atoms with Crippen LogP contribution < -0.4 is 0 Å². The van der Waals surface area contributed by atoms with Crippen LogP contribution in [0.5, 0.6) is 0 Å². The Kier molecular flexibility index (Phi) is 3.77. The number of benzene rings is 1. The van der Waals surface area contributed by atoms with Crippen LogP contribution in [-0.2, 0) is 11.3 Å². The maximum absolute atomic E-state index is 11.7. The Balaban J connectivity index is 2.39. The molecule has 0 amide bonds. The summed E-state index contributed by atoms with van der Waals surface area (Å²) in [6, 6.07) is 6.53. The van der Waals surface area contributed by atoms with E-state index in [1.165, 1.54) is 0 Å². The topological polar surface area (TPSA) is 9.23 Å². The fourth-order valence-corrected chi connectivity index (χ4v) is 1.12. The van der Waals surface area contributed by atoms with E-state index in [9.17, 15) is 13.2 Å². The number of hydrogen-bond donors (Lipinski definition) is 0. The summed E-state index contributed by atoms with van der Waals surface area (Å²) < 4.78 is 39.5. The molecule has 0 radical (unpaired) electrons. The standard InChI is InChI=1S/C9H8ClF3O/c10-8-3-1-2-7(4-8)5-14-6-9(11,12)13/h1-4H,5-6H2. The molecule has 0 aliphatic rings. The lowest BCUT2D eigenvalue weighted by molar-refractivity contribution is -0.176. The van der Waals surface area contributed by atoms with Crippen molar-refractivity contribution in [3.8, 4) is 0 Å². The van der Waals surface area contributed by atoms with Gasteiger partial charge in [0.2, 0.25) is 0 Å². The second-order valence-corrected chi connectivity index (χ2v) is 3.17. The summed E-state index contributed by atoms with van der Waals surface area (Å²) in [6.07, 6.45) is -4.28. The van der Waals surface area contributed by atoms with Crippen molar-refractivity contribution in [1.82, 2.24) is 0 Å². The first-order valence-corrected chi connectivity index (χ1v) is 4.24. The number of halogens is 4. The smallest absolute Gasteiger partial charge is 0.367 e. The molecule has 14 heavy (non-hydrogen) atoms. The van der Waals surface area contributed by atoms with Gasteiger partial charge in [-0.25, -0.2) is 0 Å². The molecule has 0 spiro atoms. The van der Waals surface area contributed by atoms with Crippen LogP contribution in [0.1, 0.15) is 5.56 Å². The monoisotopic (exact) mass is 224 g/mol. The first kappa shape index (κ1) is 11.3. The van der Waals surface area contributed by atoms with Gasteiger partial charge in [0.15, 0.2) is 0 Å². The molecule has 1 aromatic carbocycles. The second kappa shape index (κ2) is 4.66. The quantitative estimate of drug-likeness (QED) is 0.765. The van der Waals surface area contributed by atoms with Crippen molar-refractivity contribution in [1.29, 1.82) is 0 Å². The number of ether oxygens (including phenoxy) is 1. The SMILES string of the molecule is FC(F)(F)COCc1cccc(Cl)c1. The Morgan fingerprint density at radius 2 is 2.00 bits per heavy atom. The van der Waals surface area contributed by atoms with E-state index in [-0.39, 0.29) is 6.61 Å². The van der Waals surface area contributed by atoms with Crippen LogP contribution in [0.4, 0.5) is 13.2 Å². The highest BCUT2D eigenvalue weighted by Crippen LogP contribution is 2.16. The van der Waals surface area contributed by atoms with Crippen LogP contribution in [0, 0.1) is 0 Å². The Hall–Kier alpha value is -0.740. The van der Waals surface area contributed by atoms with Crippen molar-refractivity contribution in [2.45, 2.75) is 12.8 Å². The fourth-order valence-electron chi connectivity index (χ4n) is 0.911. The van der Waals surface area contributed by atoms with Crippen LogP contribution in [0.2, 0.25) is 5.02 Å². The van der Waals surface area contributed by atoms with E-state index >= 15 is 0 Å². The average Bonchev–Trinajstić information content (AvgIpc) is 2.01. The summed E-state index contributed by atoms with van der Waals surface area (Å²) >= 11 is 5.64. The van der Waals surface area contributed by atoms with Crippen LogP contribution in [0.25, 0.3) is 0 Å². The van der Waals surface area contributed by atoms with Crippen LogP contribution in [-0.4, -0.2) is 12.8 Å². The first-order chi connectivity index (χ1) is 6.47. The molecule has 0 atom stereocenters. The molecule has 0 heterocycles. The highest BCUT2D eigenvalue weighted by molar-refractivity contribution is 6.30. The van der Waals surface area contributed by atoms with Crippen molar-refractivity contribution in [2.75, 3.05) is 6.61 Å². The van der Waals surface area contributed by atoms with Gasteiger partial charge in [-0.15, -0.1) is 0 Å². The third-order valence-electron chi connectivity index (χ3n) is 1.42. The zero-order chi connectivity index (χ0) is 10.6. The number of rotatable bonds is 3. The largest absolute Gasteiger partial charge is 0.411 e. The van der Waals surface area contributed by atoms with Gasteiger partial charge in [-0.2, -0.15) is 13.2 Å². The summed E-state index contributed by atoms with van der Waals surface area (Å²) in [5, 5.41) is 0.484. The van der Waals surface area contributed by atoms with Crippen molar-refractivity contribution in [3.63, 3.8) is 0 Å². The minimum absolute atomic E-state index is 0.0833. The number of hydrogen-bond acceptors (Lipinski definition) is 1. The van der Waals surface area contributed by atoms with Crippen molar-refractivity contribution in [3.05, 3.63) is 34.9 Å². The van der Waals surface area contributed by atoms with Gasteiger partial charge in [-0.3, -0.25) is 0 Å². The zero-order valence-electron chi connectivity index (χ0n) is 7.14. The van der Waals surface area contributed by atoms with E-state index in [1.807, 2.05) is 0 Å². The van der Waals surface area contributed by atoms with Gasteiger partial charge in [0.1, 0.15) is 6.61 Å². The van der Waals surface area contributed by atoms with Gasteiger partial charge in [-0.1, -0.05) is 23.7 Å². The molecule has 0 N–H and O–H groups in total. The maximum atomic E-state index is 11.7. The van der Waals surface area contributed by atoms with E-state index in [1.54, 1.807) is 24.3 Å². The normalized spacial score (nSPS) is 11.7. The molecule has 0 fully saturated rings. The fraction of sp³-hybridized carbons (Fsp3) is 0.333. The van der Waals surface area contributed by atoms with E-state index in [4.69, 9.17) is 11.6 Å². The number of alkyl halides is 3. The molecule has 78 valence electrons. The lowest BCUT2D eigenvalue weighted by Gasteiger charge is -2.07. The van der Waals surface area contributed by atoms with Crippen LogP contribution in [0.15, 0.2) is 24.3 Å². The average molecular weight is 225 g/mol. The zero-order valence-corrected chi connectivity index (χ0v) is 7.90. The van der Waals surface area contributed by atoms with Gasteiger partial charge in [0.05, 0.1) is 6.61 Å². The van der Waals surface area contributed by atoms with E-state index in [0.717, 1.165) is 0 Å². The van der Waals surface area contributed by atoms with Crippen LogP contribution in [0.3, 0.4) is 0 Å². The van der Waals surface area contributed by atoms with Crippen LogP contribution >= 0.6 is 11.6 Å². The van der Waals surface area contributed by atoms with E-state index in [0.29, 0.717) is 10.6 Å². The summed E-state index contributed by atoms with van der Waals surface area (Å²) in [5.41, 5.74) is 0.627. The lowest BCUT2D eigenvalue weighted by atomic mass is 10.2.